The molecule has 0 fully saturated rings. The van der Waals surface area contributed by atoms with Gasteiger partial charge in [-0.2, -0.15) is 10.4 Å². The molecule has 0 spiro atoms. The molecule has 0 saturated heterocycles. The zero-order valence-corrected chi connectivity index (χ0v) is 15.1. The molecule has 0 unspecified atom stereocenters. The molecular formula is C19H16N4O2S. The van der Waals surface area contributed by atoms with E-state index in [1.807, 2.05) is 53.9 Å². The lowest BCUT2D eigenvalue weighted by Crippen LogP contribution is -2.01. The number of nitrogens with one attached hydrogen (secondary N) is 1. The Kier molecular flexibility index (Phi) is 5.46. The van der Waals surface area contributed by atoms with Crippen LogP contribution in [0.1, 0.15) is 5.01 Å². The molecular weight excluding hydrogens is 348 g/mol. The van der Waals surface area contributed by atoms with Crippen molar-refractivity contribution in [1.82, 2.24) is 4.98 Å². The fraction of sp³-hybridized carbons (Fsp3) is 0.105. The van der Waals surface area contributed by atoms with E-state index in [2.05, 4.69) is 21.6 Å². The van der Waals surface area contributed by atoms with Crippen molar-refractivity contribution in [2.45, 2.75) is 0 Å². The summed E-state index contributed by atoms with van der Waals surface area (Å²) in [4.78, 5) is 4.52. The summed E-state index contributed by atoms with van der Waals surface area (Å²) in [7, 11) is 3.23. The highest BCUT2D eigenvalue weighted by atomic mass is 32.1. The minimum absolute atomic E-state index is 0.222. The first-order valence-corrected chi connectivity index (χ1v) is 8.59. The Morgan fingerprint density at radius 1 is 1.12 bits per heavy atom. The molecule has 0 radical (unpaired) electrons. The topological polar surface area (TPSA) is 79.5 Å². The molecule has 1 aromatic heterocycles. The van der Waals surface area contributed by atoms with Gasteiger partial charge in [-0.05, 0) is 36.4 Å². The Labute approximate surface area is 155 Å². The number of rotatable bonds is 6. The third kappa shape index (κ3) is 3.99. The summed E-state index contributed by atoms with van der Waals surface area (Å²) in [6.45, 7) is 0. The molecule has 0 amide bonds. The zero-order chi connectivity index (χ0) is 18.4. The van der Waals surface area contributed by atoms with Crippen LogP contribution < -0.4 is 14.9 Å². The van der Waals surface area contributed by atoms with Gasteiger partial charge >= 0.3 is 0 Å². The van der Waals surface area contributed by atoms with Gasteiger partial charge in [-0.1, -0.05) is 12.1 Å². The van der Waals surface area contributed by atoms with E-state index >= 15 is 0 Å². The number of benzene rings is 2. The van der Waals surface area contributed by atoms with Gasteiger partial charge < -0.3 is 9.47 Å². The Bertz CT molecular complexity index is 958. The molecule has 2 aromatic carbocycles. The fourth-order valence-corrected chi connectivity index (χ4v) is 2.97. The maximum Gasteiger partial charge on any atom is 0.196 e. The largest absolute Gasteiger partial charge is 0.497 e. The first-order valence-electron chi connectivity index (χ1n) is 7.71. The lowest BCUT2D eigenvalue weighted by molar-refractivity contribution is 0.415. The van der Waals surface area contributed by atoms with Crippen LogP contribution in [0.5, 0.6) is 11.5 Å². The first-order chi connectivity index (χ1) is 12.7. The molecule has 0 aliphatic rings. The number of hydrazone groups is 1. The summed E-state index contributed by atoms with van der Waals surface area (Å²) < 4.78 is 10.3. The van der Waals surface area contributed by atoms with Gasteiger partial charge in [0.25, 0.3) is 0 Å². The average Bonchev–Trinajstić information content (AvgIpc) is 3.19. The fourth-order valence-electron chi connectivity index (χ4n) is 2.20. The third-order valence-electron chi connectivity index (χ3n) is 3.56. The molecule has 130 valence electrons. The van der Waals surface area contributed by atoms with Gasteiger partial charge in [-0.25, -0.2) is 4.98 Å². The van der Waals surface area contributed by atoms with E-state index in [4.69, 9.17) is 9.47 Å². The van der Waals surface area contributed by atoms with Crippen LogP contribution in [0.4, 0.5) is 5.69 Å². The number of anilines is 1. The summed E-state index contributed by atoms with van der Waals surface area (Å²) >= 11 is 1.37. The van der Waals surface area contributed by atoms with Crippen LogP contribution in [-0.4, -0.2) is 24.9 Å². The van der Waals surface area contributed by atoms with Crippen LogP contribution in [0.25, 0.3) is 11.3 Å². The number of nitriles is 1. The van der Waals surface area contributed by atoms with E-state index in [1.165, 1.54) is 11.3 Å². The number of methoxy groups -OCH3 is 2. The van der Waals surface area contributed by atoms with E-state index < -0.39 is 0 Å². The second-order valence-electron chi connectivity index (χ2n) is 5.18. The maximum absolute atomic E-state index is 9.41. The number of hydrogen-bond donors (Lipinski definition) is 1. The predicted octanol–water partition coefficient (Wildman–Crippen LogP) is 4.17. The average molecular weight is 364 g/mol. The maximum atomic E-state index is 9.41. The lowest BCUT2D eigenvalue weighted by Gasteiger charge is -2.03. The monoisotopic (exact) mass is 364 g/mol. The Balaban J connectivity index is 1.80. The van der Waals surface area contributed by atoms with Gasteiger partial charge in [0.05, 0.1) is 25.6 Å². The summed E-state index contributed by atoms with van der Waals surface area (Å²) in [5.74, 6) is 1.51. The molecule has 6 nitrogen and oxygen atoms in total. The highest BCUT2D eigenvalue weighted by Gasteiger charge is 2.11. The molecule has 0 bridgehead atoms. The molecule has 0 aliphatic heterocycles. The Hall–Kier alpha value is -3.37. The lowest BCUT2D eigenvalue weighted by atomic mass is 10.2. The number of thiazole rings is 1. The summed E-state index contributed by atoms with van der Waals surface area (Å²) in [5, 5.41) is 16.0. The van der Waals surface area contributed by atoms with Gasteiger partial charge in [0.2, 0.25) is 0 Å². The van der Waals surface area contributed by atoms with E-state index in [-0.39, 0.29) is 5.71 Å². The molecule has 1 N–H and O–H groups in total. The second-order valence-corrected chi connectivity index (χ2v) is 6.04. The van der Waals surface area contributed by atoms with Crippen LogP contribution in [0, 0.1) is 11.3 Å². The van der Waals surface area contributed by atoms with E-state index in [0.29, 0.717) is 5.01 Å². The summed E-state index contributed by atoms with van der Waals surface area (Å²) in [6.07, 6.45) is 0. The van der Waals surface area contributed by atoms with Crippen molar-refractivity contribution in [3.63, 3.8) is 0 Å². The van der Waals surface area contributed by atoms with Crippen molar-refractivity contribution in [3.8, 4) is 28.8 Å². The van der Waals surface area contributed by atoms with E-state index in [9.17, 15) is 5.26 Å². The number of hydrogen-bond acceptors (Lipinski definition) is 7. The Morgan fingerprint density at radius 2 is 1.88 bits per heavy atom. The van der Waals surface area contributed by atoms with Crippen molar-refractivity contribution >= 4 is 22.7 Å². The van der Waals surface area contributed by atoms with Crippen molar-refractivity contribution in [3.05, 3.63) is 58.9 Å². The standard InChI is InChI=1S/C19H16N4O2S/c1-24-15-8-6-14(7-9-15)22-23-17(11-20)19-21-18(12-26-19)13-4-3-5-16(10-13)25-2/h3-10,12,22H,1-2H3/b23-17-. The quantitative estimate of drug-likeness (QED) is 0.525. The SMILES string of the molecule is COc1ccc(N/N=C(/C#N)c2nc(-c3cccc(OC)c3)cs2)cc1. The number of ether oxygens (including phenoxy) is 2. The summed E-state index contributed by atoms with van der Waals surface area (Å²) in [5.41, 5.74) is 5.54. The van der Waals surface area contributed by atoms with Gasteiger partial charge in [0, 0.05) is 10.9 Å². The van der Waals surface area contributed by atoms with Gasteiger partial charge in [-0.3, -0.25) is 5.43 Å². The van der Waals surface area contributed by atoms with Crippen molar-refractivity contribution in [1.29, 1.82) is 5.26 Å². The van der Waals surface area contributed by atoms with Crippen molar-refractivity contribution < 1.29 is 9.47 Å². The predicted molar refractivity (Wildman–Crippen MR) is 103 cm³/mol. The zero-order valence-electron chi connectivity index (χ0n) is 14.3. The van der Waals surface area contributed by atoms with E-state index in [1.54, 1.807) is 14.2 Å². The van der Waals surface area contributed by atoms with Crippen LogP contribution in [0.3, 0.4) is 0 Å². The highest BCUT2D eigenvalue weighted by molar-refractivity contribution is 7.12. The number of aromatic nitrogens is 1. The van der Waals surface area contributed by atoms with Crippen molar-refractivity contribution in [2.24, 2.45) is 5.10 Å². The van der Waals surface area contributed by atoms with Crippen LogP contribution in [0.15, 0.2) is 59.0 Å². The summed E-state index contributed by atoms with van der Waals surface area (Å²) in [6, 6.07) is 17.0. The van der Waals surface area contributed by atoms with Gasteiger partial charge in [0.15, 0.2) is 10.7 Å². The first kappa shape index (κ1) is 17.5. The number of nitrogens with zero attached hydrogens (tertiary/aromatic N) is 3. The van der Waals surface area contributed by atoms with E-state index in [0.717, 1.165) is 28.4 Å². The van der Waals surface area contributed by atoms with Gasteiger partial charge in [0.1, 0.15) is 17.6 Å². The van der Waals surface area contributed by atoms with Gasteiger partial charge in [-0.15, -0.1) is 11.3 Å². The van der Waals surface area contributed by atoms with Crippen molar-refractivity contribution in [2.75, 3.05) is 19.6 Å². The minimum Gasteiger partial charge on any atom is -0.497 e. The molecule has 0 atom stereocenters. The highest BCUT2D eigenvalue weighted by Crippen LogP contribution is 2.25. The van der Waals surface area contributed by atoms with Crippen LogP contribution >= 0.6 is 11.3 Å². The molecule has 3 rings (SSSR count). The third-order valence-corrected chi connectivity index (χ3v) is 4.41. The Morgan fingerprint density at radius 3 is 2.58 bits per heavy atom. The second kappa shape index (κ2) is 8.14. The molecule has 0 saturated carbocycles. The van der Waals surface area contributed by atoms with Crippen LogP contribution in [-0.2, 0) is 0 Å². The smallest absolute Gasteiger partial charge is 0.196 e. The normalized spacial score (nSPS) is 10.9. The molecule has 0 aliphatic carbocycles. The molecule has 26 heavy (non-hydrogen) atoms. The van der Waals surface area contributed by atoms with Crippen LogP contribution in [0.2, 0.25) is 0 Å². The molecule has 7 heteroatoms. The molecule has 1 heterocycles. The minimum atomic E-state index is 0.222. The molecule has 3 aromatic rings.